The minimum absolute atomic E-state index is 0.00915. The van der Waals surface area contributed by atoms with E-state index in [9.17, 15) is 9.18 Å². The number of aromatic carboxylic acids is 1. The number of carboxylic acids is 1. The van der Waals surface area contributed by atoms with Gasteiger partial charge in [0.25, 0.3) is 0 Å². The number of hydrogen-bond donors (Lipinski definition) is 1. The molecule has 0 saturated heterocycles. The van der Waals surface area contributed by atoms with E-state index in [-0.39, 0.29) is 22.0 Å². The van der Waals surface area contributed by atoms with Gasteiger partial charge in [-0.25, -0.2) is 14.2 Å². The van der Waals surface area contributed by atoms with Gasteiger partial charge in [0.1, 0.15) is 16.7 Å². The summed E-state index contributed by atoms with van der Waals surface area (Å²) in [6.45, 7) is 0. The summed E-state index contributed by atoms with van der Waals surface area (Å²) < 4.78 is 18.8. The van der Waals surface area contributed by atoms with E-state index < -0.39 is 11.8 Å². The maximum atomic E-state index is 13.9. The van der Waals surface area contributed by atoms with E-state index in [2.05, 4.69) is 4.98 Å². The van der Waals surface area contributed by atoms with Crippen LogP contribution in [0.4, 0.5) is 4.39 Å². The van der Waals surface area contributed by atoms with Crippen molar-refractivity contribution in [3.63, 3.8) is 0 Å². The third kappa shape index (κ3) is 2.82. The molecule has 4 nitrogen and oxygen atoms in total. The zero-order chi connectivity index (χ0) is 14.0. The molecule has 1 aromatic carbocycles. The van der Waals surface area contributed by atoms with E-state index in [1.165, 1.54) is 31.4 Å². The second kappa shape index (κ2) is 5.24. The van der Waals surface area contributed by atoms with Crippen LogP contribution in [0.1, 0.15) is 10.4 Å². The first kappa shape index (κ1) is 13.3. The molecule has 0 fully saturated rings. The van der Waals surface area contributed by atoms with E-state index in [0.717, 1.165) is 0 Å². The number of ether oxygens (including phenoxy) is 1. The molecule has 2 rings (SSSR count). The number of carbonyl (C=O) groups is 1. The molecular weight excluding hydrogens is 273 g/mol. The van der Waals surface area contributed by atoms with Crippen molar-refractivity contribution in [2.45, 2.75) is 0 Å². The van der Waals surface area contributed by atoms with Crippen molar-refractivity contribution >= 4 is 17.6 Å². The third-order valence-corrected chi connectivity index (χ3v) is 2.69. The molecule has 0 saturated carbocycles. The second-order valence-electron chi connectivity index (χ2n) is 3.71. The van der Waals surface area contributed by atoms with Gasteiger partial charge in [0.15, 0.2) is 0 Å². The topological polar surface area (TPSA) is 59.4 Å². The molecule has 1 N–H and O–H groups in total. The minimum Gasteiger partial charge on any atom is -0.497 e. The molecule has 0 bridgehead atoms. The highest BCUT2D eigenvalue weighted by atomic mass is 35.5. The highest BCUT2D eigenvalue weighted by molar-refractivity contribution is 6.29. The lowest BCUT2D eigenvalue weighted by Gasteiger charge is -2.06. The minimum atomic E-state index is -1.15. The summed E-state index contributed by atoms with van der Waals surface area (Å²) in [7, 11) is 1.43. The fraction of sp³-hybridized carbons (Fsp3) is 0.0769. The predicted molar refractivity (Wildman–Crippen MR) is 68.2 cm³/mol. The van der Waals surface area contributed by atoms with Crippen LogP contribution in [0.2, 0.25) is 5.15 Å². The van der Waals surface area contributed by atoms with Crippen molar-refractivity contribution in [3.05, 3.63) is 46.9 Å². The Morgan fingerprint density at radius 1 is 1.37 bits per heavy atom. The zero-order valence-electron chi connectivity index (χ0n) is 9.85. The Bertz CT molecular complexity index is 646. The molecule has 6 heteroatoms. The lowest BCUT2D eigenvalue weighted by atomic mass is 10.1. The summed E-state index contributed by atoms with van der Waals surface area (Å²) in [4.78, 5) is 14.8. The molecule has 1 aromatic heterocycles. The Morgan fingerprint density at radius 3 is 2.68 bits per heavy atom. The normalized spacial score (nSPS) is 10.3. The smallest absolute Gasteiger partial charge is 0.335 e. The van der Waals surface area contributed by atoms with Gasteiger partial charge in [-0.15, -0.1) is 0 Å². The first-order valence-electron chi connectivity index (χ1n) is 5.26. The Morgan fingerprint density at radius 2 is 2.11 bits per heavy atom. The molecule has 0 amide bonds. The van der Waals surface area contributed by atoms with Crippen LogP contribution in [0.25, 0.3) is 11.3 Å². The van der Waals surface area contributed by atoms with Gasteiger partial charge in [-0.05, 0) is 24.3 Å². The molecule has 0 aliphatic rings. The highest BCUT2D eigenvalue weighted by Gasteiger charge is 2.12. The summed E-state index contributed by atoms with van der Waals surface area (Å²) in [5.74, 6) is -1.35. The van der Waals surface area contributed by atoms with Crippen LogP contribution in [0.15, 0.2) is 30.3 Å². The Balaban J connectivity index is 2.55. The van der Waals surface area contributed by atoms with Crippen molar-refractivity contribution in [3.8, 4) is 17.0 Å². The van der Waals surface area contributed by atoms with Crippen molar-refractivity contribution < 1.29 is 19.0 Å². The van der Waals surface area contributed by atoms with Crippen LogP contribution in [0, 0.1) is 5.82 Å². The van der Waals surface area contributed by atoms with Crippen LogP contribution >= 0.6 is 11.6 Å². The average Bonchev–Trinajstić information content (AvgIpc) is 2.37. The summed E-state index contributed by atoms with van der Waals surface area (Å²) in [5.41, 5.74) is 0.265. The van der Waals surface area contributed by atoms with E-state index >= 15 is 0 Å². The second-order valence-corrected chi connectivity index (χ2v) is 4.10. The van der Waals surface area contributed by atoms with Gasteiger partial charge in [0, 0.05) is 11.6 Å². The fourth-order valence-electron chi connectivity index (χ4n) is 1.59. The van der Waals surface area contributed by atoms with Crippen LogP contribution in [-0.4, -0.2) is 23.2 Å². The zero-order valence-corrected chi connectivity index (χ0v) is 10.6. The molecule has 0 spiro atoms. The Labute approximate surface area is 113 Å². The van der Waals surface area contributed by atoms with Crippen LogP contribution in [0.3, 0.4) is 0 Å². The maximum Gasteiger partial charge on any atom is 0.335 e. The van der Waals surface area contributed by atoms with Gasteiger partial charge in [-0.1, -0.05) is 11.6 Å². The van der Waals surface area contributed by atoms with Crippen LogP contribution in [-0.2, 0) is 0 Å². The molecule has 0 unspecified atom stereocenters. The molecule has 19 heavy (non-hydrogen) atoms. The van der Waals surface area contributed by atoms with E-state index in [0.29, 0.717) is 5.75 Å². The number of pyridine rings is 1. The molecule has 0 aliphatic carbocycles. The Hall–Kier alpha value is -2.14. The average molecular weight is 282 g/mol. The number of rotatable bonds is 3. The van der Waals surface area contributed by atoms with Gasteiger partial charge in [0.2, 0.25) is 0 Å². The van der Waals surface area contributed by atoms with Crippen molar-refractivity contribution in [1.82, 2.24) is 4.98 Å². The molecule has 0 radical (unpaired) electrons. The number of methoxy groups -OCH3 is 1. The van der Waals surface area contributed by atoms with E-state index in [4.69, 9.17) is 21.4 Å². The van der Waals surface area contributed by atoms with Crippen molar-refractivity contribution in [2.75, 3.05) is 7.11 Å². The lowest BCUT2D eigenvalue weighted by Crippen LogP contribution is -1.99. The van der Waals surface area contributed by atoms with Gasteiger partial charge in [-0.3, -0.25) is 0 Å². The lowest BCUT2D eigenvalue weighted by molar-refractivity contribution is 0.0697. The number of hydrogen-bond acceptors (Lipinski definition) is 3. The highest BCUT2D eigenvalue weighted by Crippen LogP contribution is 2.26. The largest absolute Gasteiger partial charge is 0.497 e. The molecule has 0 atom stereocenters. The van der Waals surface area contributed by atoms with Gasteiger partial charge >= 0.3 is 5.97 Å². The van der Waals surface area contributed by atoms with Gasteiger partial charge in [0.05, 0.1) is 18.4 Å². The molecule has 0 aliphatic heterocycles. The first-order valence-corrected chi connectivity index (χ1v) is 5.64. The number of nitrogens with zero attached hydrogens (tertiary/aromatic N) is 1. The summed E-state index contributed by atoms with van der Waals surface area (Å²) in [6, 6.07) is 6.67. The quantitative estimate of drug-likeness (QED) is 0.878. The molecule has 2 aromatic rings. The number of aromatic nitrogens is 1. The summed E-state index contributed by atoms with van der Waals surface area (Å²) in [5, 5.41) is 8.92. The van der Waals surface area contributed by atoms with Crippen LogP contribution in [0.5, 0.6) is 5.75 Å². The van der Waals surface area contributed by atoms with Crippen molar-refractivity contribution in [1.29, 1.82) is 0 Å². The number of halogens is 2. The number of benzene rings is 1. The molecular formula is C13H9ClFNO3. The van der Waals surface area contributed by atoms with E-state index in [1.54, 1.807) is 6.07 Å². The standard InChI is InChI=1S/C13H9ClFNO3/c1-19-8-2-3-9(10(15)6-8)11-4-7(13(17)18)5-12(14)16-11/h2-6H,1H3,(H,17,18). The summed E-state index contributed by atoms with van der Waals surface area (Å²) >= 11 is 5.73. The monoisotopic (exact) mass is 281 g/mol. The first-order chi connectivity index (χ1) is 9.01. The fourth-order valence-corrected chi connectivity index (χ4v) is 1.80. The molecule has 98 valence electrons. The predicted octanol–water partition coefficient (Wildman–Crippen LogP) is 3.25. The van der Waals surface area contributed by atoms with E-state index in [1.807, 2.05) is 0 Å². The van der Waals surface area contributed by atoms with Gasteiger partial charge in [-0.2, -0.15) is 0 Å². The SMILES string of the molecule is COc1ccc(-c2cc(C(=O)O)cc(Cl)n2)c(F)c1. The maximum absolute atomic E-state index is 13.9. The summed E-state index contributed by atoms with van der Waals surface area (Å²) in [6.07, 6.45) is 0. The van der Waals surface area contributed by atoms with Crippen LogP contribution < -0.4 is 4.74 Å². The third-order valence-electron chi connectivity index (χ3n) is 2.49. The van der Waals surface area contributed by atoms with Gasteiger partial charge < -0.3 is 9.84 Å². The molecule has 1 heterocycles. The van der Waals surface area contributed by atoms with Crippen molar-refractivity contribution in [2.24, 2.45) is 0 Å². The number of carboxylic acid groups (broad SMARTS) is 1. The Kier molecular flexibility index (Phi) is 3.66.